The number of para-hydroxylation sites is 1. The fourth-order valence-corrected chi connectivity index (χ4v) is 3.95. The summed E-state index contributed by atoms with van der Waals surface area (Å²) < 4.78 is 33.0. The number of hydrogen-bond acceptors (Lipinski definition) is 5. The molecule has 0 radical (unpaired) electrons. The highest BCUT2D eigenvalue weighted by Gasteiger charge is 2.48. The van der Waals surface area contributed by atoms with E-state index in [0.29, 0.717) is 31.0 Å². The molecule has 6 heteroatoms. The summed E-state index contributed by atoms with van der Waals surface area (Å²) in [6.07, 6.45) is 1.64. The maximum atomic E-state index is 12.6. The Labute approximate surface area is 155 Å². The van der Waals surface area contributed by atoms with Crippen LogP contribution in [0.3, 0.4) is 0 Å². The van der Waals surface area contributed by atoms with Gasteiger partial charge in [0.25, 0.3) is 0 Å². The normalized spacial score (nSPS) is 24.1. The van der Waals surface area contributed by atoms with Crippen molar-refractivity contribution in [3.63, 3.8) is 0 Å². The smallest absolute Gasteiger partial charge is 0.228 e. The minimum atomic E-state index is -2.53. The lowest BCUT2D eigenvalue weighted by molar-refractivity contribution is -0.144. The summed E-state index contributed by atoms with van der Waals surface area (Å²) in [5, 5.41) is 2.64. The molecule has 2 fully saturated rings. The molecule has 132 valence electrons. The van der Waals surface area contributed by atoms with Crippen LogP contribution in [0.4, 0.5) is 0 Å². The number of carbonyl (C=O) groups is 1. The minimum Gasteiger partial charge on any atom is -0.496 e. The first-order chi connectivity index (χ1) is 13.3. The van der Waals surface area contributed by atoms with Crippen molar-refractivity contribution < 1.29 is 18.4 Å². The van der Waals surface area contributed by atoms with Crippen LogP contribution in [0.15, 0.2) is 29.6 Å². The third kappa shape index (κ3) is 3.16. The highest BCUT2D eigenvalue weighted by molar-refractivity contribution is 7.10. The molecular formula is C19H22N2O3S. The quantitative estimate of drug-likeness (QED) is 0.836. The number of ether oxygens (including phenoxy) is 2. The molecule has 25 heavy (non-hydrogen) atoms. The molecule has 1 aromatic carbocycles. The van der Waals surface area contributed by atoms with Crippen molar-refractivity contribution in [3.05, 3.63) is 34.7 Å². The molecule has 0 bridgehead atoms. The van der Waals surface area contributed by atoms with Crippen LogP contribution in [0, 0.1) is 5.41 Å². The molecule has 2 heterocycles. The molecule has 4 rings (SSSR count). The van der Waals surface area contributed by atoms with Crippen LogP contribution in [-0.2, 0) is 9.53 Å². The lowest BCUT2D eigenvalue weighted by Crippen LogP contribution is -2.45. The van der Waals surface area contributed by atoms with E-state index in [-0.39, 0.29) is 23.2 Å². The van der Waals surface area contributed by atoms with Gasteiger partial charge in [0, 0.05) is 22.9 Å². The number of thiazole rings is 1. The minimum absolute atomic E-state index is 0.193. The zero-order valence-electron chi connectivity index (χ0n) is 17.0. The number of rotatable bonds is 4. The highest BCUT2D eigenvalue weighted by atomic mass is 32.1. The molecule has 1 aliphatic heterocycles. The number of carbonyl (C=O) groups excluding carboxylic acids is 1. The molecule has 1 aliphatic carbocycles. The van der Waals surface area contributed by atoms with Gasteiger partial charge in [-0.3, -0.25) is 4.79 Å². The van der Waals surface area contributed by atoms with Crippen molar-refractivity contribution in [1.29, 1.82) is 0 Å². The third-order valence-electron chi connectivity index (χ3n) is 4.94. The molecular weight excluding hydrogens is 336 g/mol. The van der Waals surface area contributed by atoms with Crippen LogP contribution in [0.25, 0.3) is 11.3 Å². The standard InChI is InChI=1S/C19H22N2O3S/c1-19(7-8-19)18(22)21-9-10-24-16(11-21)17-20-14(12-25-17)13-5-3-4-6-15(13)23-2/h3-6,12,16H,7-11H2,1-2H3/t16-/m1/s1/i2D3. The summed E-state index contributed by atoms with van der Waals surface area (Å²) in [7, 11) is -2.53. The summed E-state index contributed by atoms with van der Waals surface area (Å²) in [4.78, 5) is 19.2. The number of morpholine rings is 1. The summed E-state index contributed by atoms with van der Waals surface area (Å²) in [6, 6.07) is 6.94. The van der Waals surface area contributed by atoms with Crippen LogP contribution < -0.4 is 4.74 Å². The zero-order chi connectivity index (χ0) is 19.9. The molecule has 1 saturated heterocycles. The van der Waals surface area contributed by atoms with Crippen molar-refractivity contribution in [2.24, 2.45) is 5.41 Å². The zero-order valence-corrected chi connectivity index (χ0v) is 14.8. The summed E-state index contributed by atoms with van der Waals surface area (Å²) >= 11 is 1.44. The second-order valence-electron chi connectivity index (χ2n) is 6.84. The summed E-state index contributed by atoms with van der Waals surface area (Å²) in [6.45, 7) is 3.61. The second kappa shape index (κ2) is 6.42. The Hall–Kier alpha value is -1.92. The predicted octanol–water partition coefficient (Wildman–Crippen LogP) is 3.52. The maximum absolute atomic E-state index is 12.6. The molecule has 0 N–H and O–H groups in total. The Kier molecular flexibility index (Phi) is 3.42. The van der Waals surface area contributed by atoms with Gasteiger partial charge in [0.2, 0.25) is 5.91 Å². The van der Waals surface area contributed by atoms with Gasteiger partial charge in [-0.05, 0) is 25.0 Å². The van der Waals surface area contributed by atoms with Gasteiger partial charge in [-0.15, -0.1) is 11.3 Å². The third-order valence-corrected chi connectivity index (χ3v) is 5.88. The molecule has 2 aromatic rings. The average Bonchev–Trinajstić information content (AvgIpc) is 3.22. The average molecular weight is 361 g/mol. The Morgan fingerprint density at radius 2 is 2.32 bits per heavy atom. The van der Waals surface area contributed by atoms with Crippen LogP contribution in [0.5, 0.6) is 5.75 Å². The lowest BCUT2D eigenvalue weighted by Gasteiger charge is -2.33. The fourth-order valence-electron chi connectivity index (χ4n) is 3.09. The van der Waals surface area contributed by atoms with E-state index >= 15 is 0 Å². The SMILES string of the molecule is [2H]C([2H])([2H])Oc1ccccc1-c1csc([C@H]2CN(C(=O)C3(C)CC3)CCO2)n1. The Morgan fingerprint density at radius 3 is 3.12 bits per heavy atom. The van der Waals surface area contributed by atoms with Gasteiger partial charge >= 0.3 is 0 Å². The van der Waals surface area contributed by atoms with Gasteiger partial charge in [-0.1, -0.05) is 19.1 Å². The van der Waals surface area contributed by atoms with Gasteiger partial charge in [0.1, 0.15) is 16.9 Å². The largest absolute Gasteiger partial charge is 0.496 e. The number of amides is 1. The van der Waals surface area contributed by atoms with Gasteiger partial charge < -0.3 is 14.4 Å². The lowest BCUT2D eigenvalue weighted by atomic mass is 10.1. The number of hydrogen-bond donors (Lipinski definition) is 0. The number of aromatic nitrogens is 1. The molecule has 0 spiro atoms. The van der Waals surface area contributed by atoms with Crippen molar-refractivity contribution in [2.45, 2.75) is 25.9 Å². The van der Waals surface area contributed by atoms with Crippen LogP contribution in [-0.4, -0.2) is 42.5 Å². The summed E-state index contributed by atoms with van der Waals surface area (Å²) in [5.41, 5.74) is 1.07. The number of nitrogens with zero attached hydrogens (tertiary/aromatic N) is 2. The van der Waals surface area contributed by atoms with Crippen molar-refractivity contribution in [2.75, 3.05) is 26.7 Å². The van der Waals surface area contributed by atoms with Crippen LogP contribution >= 0.6 is 11.3 Å². The Bertz CT molecular complexity index is 879. The van der Waals surface area contributed by atoms with Crippen LogP contribution in [0.2, 0.25) is 0 Å². The first-order valence-electron chi connectivity index (χ1n) is 9.90. The first kappa shape index (κ1) is 13.3. The fraction of sp³-hybridized carbons (Fsp3) is 0.474. The van der Waals surface area contributed by atoms with E-state index in [9.17, 15) is 4.79 Å². The van der Waals surface area contributed by atoms with E-state index in [4.69, 9.17) is 13.6 Å². The molecule has 2 aliphatic rings. The molecule has 1 saturated carbocycles. The predicted molar refractivity (Wildman–Crippen MR) is 96.7 cm³/mol. The van der Waals surface area contributed by atoms with Crippen molar-refractivity contribution >= 4 is 17.2 Å². The molecule has 0 unspecified atom stereocenters. The van der Waals surface area contributed by atoms with Gasteiger partial charge in [-0.2, -0.15) is 0 Å². The van der Waals surface area contributed by atoms with E-state index in [1.165, 1.54) is 11.3 Å². The van der Waals surface area contributed by atoms with E-state index in [0.717, 1.165) is 17.8 Å². The molecule has 5 nitrogen and oxygen atoms in total. The Balaban J connectivity index is 1.53. The maximum Gasteiger partial charge on any atom is 0.228 e. The number of benzene rings is 1. The van der Waals surface area contributed by atoms with Crippen molar-refractivity contribution in [3.8, 4) is 17.0 Å². The van der Waals surface area contributed by atoms with E-state index in [2.05, 4.69) is 4.98 Å². The van der Waals surface area contributed by atoms with Gasteiger partial charge in [-0.25, -0.2) is 4.98 Å². The molecule has 1 amide bonds. The topological polar surface area (TPSA) is 51.7 Å². The van der Waals surface area contributed by atoms with Crippen LogP contribution in [0.1, 0.15) is 35.0 Å². The molecule has 1 atom stereocenters. The summed E-state index contributed by atoms with van der Waals surface area (Å²) in [5.74, 6) is 0.469. The monoisotopic (exact) mass is 361 g/mol. The van der Waals surface area contributed by atoms with E-state index < -0.39 is 7.04 Å². The molecule has 1 aromatic heterocycles. The highest BCUT2D eigenvalue weighted by Crippen LogP contribution is 2.47. The van der Waals surface area contributed by atoms with E-state index in [1.807, 2.05) is 23.3 Å². The van der Waals surface area contributed by atoms with Gasteiger partial charge in [0.15, 0.2) is 0 Å². The Morgan fingerprint density at radius 1 is 1.48 bits per heavy atom. The van der Waals surface area contributed by atoms with Crippen molar-refractivity contribution in [1.82, 2.24) is 9.88 Å². The first-order valence-corrected chi connectivity index (χ1v) is 9.28. The number of methoxy groups -OCH3 is 1. The van der Waals surface area contributed by atoms with E-state index in [1.54, 1.807) is 18.2 Å². The second-order valence-corrected chi connectivity index (χ2v) is 7.73. The van der Waals surface area contributed by atoms with Gasteiger partial charge in [0.05, 0.1) is 30.0 Å².